The van der Waals surface area contributed by atoms with Gasteiger partial charge in [-0.3, -0.25) is 0 Å². The summed E-state index contributed by atoms with van der Waals surface area (Å²) in [6, 6.07) is 4.85. The van der Waals surface area contributed by atoms with Crippen molar-refractivity contribution in [2.24, 2.45) is 0 Å². The molecule has 0 saturated carbocycles. The summed E-state index contributed by atoms with van der Waals surface area (Å²) in [5.74, 6) is 0.892. The first-order valence-electron chi connectivity index (χ1n) is 5.76. The normalized spacial score (nSPS) is 10.6. The van der Waals surface area contributed by atoms with Crippen LogP contribution in [-0.4, -0.2) is 16.5 Å². The molecule has 2 aromatic rings. The summed E-state index contributed by atoms with van der Waals surface area (Å²) in [7, 11) is 0. The lowest BCUT2D eigenvalue weighted by Gasteiger charge is -2.10. The van der Waals surface area contributed by atoms with E-state index in [1.165, 1.54) is 6.07 Å². The van der Waals surface area contributed by atoms with Gasteiger partial charge in [-0.1, -0.05) is 0 Å². The molecule has 1 N–H and O–H groups in total. The molecule has 19 heavy (non-hydrogen) atoms. The Morgan fingerprint density at radius 1 is 1.26 bits per heavy atom. The first kappa shape index (κ1) is 14.4. The van der Waals surface area contributed by atoms with Crippen LogP contribution in [0.15, 0.2) is 27.1 Å². The van der Waals surface area contributed by atoms with Crippen molar-refractivity contribution in [1.82, 2.24) is 9.97 Å². The molecule has 2 rings (SSSR count). The van der Waals surface area contributed by atoms with Gasteiger partial charge in [0, 0.05) is 12.1 Å². The number of benzene rings is 1. The monoisotopic (exact) mass is 387 g/mol. The molecular weight excluding hydrogens is 377 g/mol. The summed E-state index contributed by atoms with van der Waals surface area (Å²) >= 11 is 6.58. The van der Waals surface area contributed by atoms with Crippen molar-refractivity contribution in [2.75, 3.05) is 11.9 Å². The molecule has 0 spiro atoms. The van der Waals surface area contributed by atoms with Gasteiger partial charge in [0.05, 0.1) is 14.6 Å². The van der Waals surface area contributed by atoms with Crippen LogP contribution in [0.2, 0.25) is 0 Å². The average Bonchev–Trinajstić information content (AvgIpc) is 2.38. The van der Waals surface area contributed by atoms with Gasteiger partial charge in [-0.2, -0.15) is 0 Å². The summed E-state index contributed by atoms with van der Waals surface area (Å²) in [4.78, 5) is 8.79. The van der Waals surface area contributed by atoms with Gasteiger partial charge in [-0.05, 0) is 63.9 Å². The number of aryl methyl sites for hydroxylation is 1. The summed E-state index contributed by atoms with van der Waals surface area (Å²) in [5, 5.41) is 3.15. The van der Waals surface area contributed by atoms with Crippen LogP contribution in [0.5, 0.6) is 0 Å². The maximum atomic E-state index is 13.6. The third-order valence-corrected chi connectivity index (χ3v) is 4.13. The number of nitrogens with zero attached hydrogens (tertiary/aromatic N) is 2. The molecule has 0 saturated heterocycles. The van der Waals surface area contributed by atoms with Crippen LogP contribution in [0.1, 0.15) is 12.6 Å². The van der Waals surface area contributed by atoms with Crippen LogP contribution in [0.25, 0.3) is 11.4 Å². The Labute approximate surface area is 127 Å². The average molecular weight is 389 g/mol. The molecule has 0 aliphatic heterocycles. The molecule has 0 radical (unpaired) electrons. The fraction of sp³-hybridized carbons (Fsp3) is 0.231. The molecule has 1 aromatic heterocycles. The third-order valence-electron chi connectivity index (χ3n) is 2.54. The Kier molecular flexibility index (Phi) is 4.52. The van der Waals surface area contributed by atoms with Crippen LogP contribution >= 0.6 is 31.9 Å². The van der Waals surface area contributed by atoms with Crippen LogP contribution in [0, 0.1) is 12.7 Å². The van der Waals surface area contributed by atoms with Gasteiger partial charge in [-0.25, -0.2) is 14.4 Å². The lowest BCUT2D eigenvalue weighted by Crippen LogP contribution is -2.04. The highest BCUT2D eigenvalue weighted by Gasteiger charge is 2.11. The molecule has 0 atom stereocenters. The largest absolute Gasteiger partial charge is 0.369 e. The van der Waals surface area contributed by atoms with Crippen LogP contribution < -0.4 is 5.32 Å². The smallest absolute Gasteiger partial charge is 0.161 e. The predicted octanol–water partition coefficient (Wildman–Crippen LogP) is 4.55. The van der Waals surface area contributed by atoms with Crippen LogP contribution in [0.3, 0.4) is 0 Å². The van der Waals surface area contributed by atoms with Gasteiger partial charge < -0.3 is 5.32 Å². The fourth-order valence-corrected chi connectivity index (χ4v) is 2.17. The van der Waals surface area contributed by atoms with Gasteiger partial charge in [0.1, 0.15) is 11.6 Å². The Balaban J connectivity index is 2.52. The van der Waals surface area contributed by atoms with Gasteiger partial charge in [0.2, 0.25) is 0 Å². The van der Waals surface area contributed by atoms with E-state index in [-0.39, 0.29) is 5.82 Å². The maximum Gasteiger partial charge on any atom is 0.161 e. The zero-order valence-electron chi connectivity index (χ0n) is 10.5. The van der Waals surface area contributed by atoms with E-state index < -0.39 is 0 Å². The SMILES string of the molecule is CCNc1nc(-c2ccc(Br)c(F)c2)nc(C)c1Br. The van der Waals surface area contributed by atoms with E-state index in [4.69, 9.17) is 0 Å². The van der Waals surface area contributed by atoms with Crippen molar-refractivity contribution in [3.63, 3.8) is 0 Å². The number of rotatable bonds is 3. The fourth-order valence-electron chi connectivity index (χ4n) is 1.61. The zero-order valence-corrected chi connectivity index (χ0v) is 13.6. The highest BCUT2D eigenvalue weighted by atomic mass is 79.9. The lowest BCUT2D eigenvalue weighted by atomic mass is 10.2. The summed E-state index contributed by atoms with van der Waals surface area (Å²) in [6.07, 6.45) is 0. The Bertz CT molecular complexity index is 617. The maximum absolute atomic E-state index is 13.6. The first-order valence-corrected chi connectivity index (χ1v) is 7.35. The van der Waals surface area contributed by atoms with E-state index in [1.54, 1.807) is 12.1 Å². The number of anilines is 1. The number of hydrogen-bond donors (Lipinski definition) is 1. The van der Waals surface area contributed by atoms with Gasteiger partial charge in [-0.15, -0.1) is 0 Å². The molecule has 0 fully saturated rings. The van der Waals surface area contributed by atoms with E-state index in [0.29, 0.717) is 21.7 Å². The van der Waals surface area contributed by atoms with E-state index in [9.17, 15) is 4.39 Å². The second-order valence-electron chi connectivity index (χ2n) is 3.95. The summed E-state index contributed by atoms with van der Waals surface area (Å²) in [6.45, 7) is 4.62. The molecule has 0 aliphatic carbocycles. The molecule has 0 aliphatic rings. The Hall–Kier alpha value is -1.01. The molecule has 3 nitrogen and oxygen atoms in total. The quantitative estimate of drug-likeness (QED) is 0.838. The van der Waals surface area contributed by atoms with Crippen molar-refractivity contribution in [3.8, 4) is 11.4 Å². The van der Waals surface area contributed by atoms with Crippen molar-refractivity contribution in [3.05, 3.63) is 38.7 Å². The van der Waals surface area contributed by atoms with E-state index in [0.717, 1.165) is 16.7 Å². The molecule has 1 aromatic carbocycles. The van der Waals surface area contributed by atoms with Gasteiger partial charge in [0.25, 0.3) is 0 Å². The topological polar surface area (TPSA) is 37.8 Å². The van der Waals surface area contributed by atoms with Crippen LogP contribution in [0.4, 0.5) is 10.2 Å². The molecular formula is C13H12Br2FN3. The summed E-state index contributed by atoms with van der Waals surface area (Å²) in [5.41, 5.74) is 1.46. The van der Waals surface area contributed by atoms with Gasteiger partial charge >= 0.3 is 0 Å². The van der Waals surface area contributed by atoms with E-state index in [2.05, 4.69) is 47.1 Å². The zero-order chi connectivity index (χ0) is 14.0. The molecule has 100 valence electrons. The molecule has 0 bridgehead atoms. The minimum Gasteiger partial charge on any atom is -0.369 e. The molecule has 6 heteroatoms. The molecule has 0 amide bonds. The highest BCUT2D eigenvalue weighted by Crippen LogP contribution is 2.28. The van der Waals surface area contributed by atoms with Crippen molar-refractivity contribution >= 4 is 37.7 Å². The lowest BCUT2D eigenvalue weighted by molar-refractivity contribution is 0.621. The number of hydrogen-bond acceptors (Lipinski definition) is 3. The number of halogens is 3. The summed E-state index contributed by atoms with van der Waals surface area (Å²) < 4.78 is 14.8. The minimum absolute atomic E-state index is 0.327. The van der Waals surface area contributed by atoms with E-state index >= 15 is 0 Å². The second-order valence-corrected chi connectivity index (χ2v) is 5.60. The highest BCUT2D eigenvalue weighted by molar-refractivity contribution is 9.11. The minimum atomic E-state index is -0.327. The standard InChI is InChI=1S/C13H12Br2FN3/c1-3-17-13-11(15)7(2)18-12(19-13)8-4-5-9(14)10(16)6-8/h4-6H,3H2,1-2H3,(H,17,18,19). The van der Waals surface area contributed by atoms with Gasteiger partial charge in [0.15, 0.2) is 5.82 Å². The first-order chi connectivity index (χ1) is 9.02. The third kappa shape index (κ3) is 3.12. The second kappa shape index (κ2) is 5.96. The van der Waals surface area contributed by atoms with Crippen LogP contribution in [-0.2, 0) is 0 Å². The van der Waals surface area contributed by atoms with Crippen molar-refractivity contribution < 1.29 is 4.39 Å². The Morgan fingerprint density at radius 2 is 2.00 bits per heavy atom. The van der Waals surface area contributed by atoms with Crippen molar-refractivity contribution in [1.29, 1.82) is 0 Å². The van der Waals surface area contributed by atoms with Crippen molar-refractivity contribution in [2.45, 2.75) is 13.8 Å². The Morgan fingerprint density at radius 3 is 2.63 bits per heavy atom. The molecule has 1 heterocycles. The number of nitrogens with one attached hydrogen (secondary N) is 1. The number of aromatic nitrogens is 2. The predicted molar refractivity (Wildman–Crippen MR) is 81.7 cm³/mol. The van der Waals surface area contributed by atoms with E-state index in [1.807, 2.05) is 13.8 Å². The molecule has 0 unspecified atom stereocenters.